The summed E-state index contributed by atoms with van der Waals surface area (Å²) in [5.74, 6) is -0.220. The number of carbonyl (C=O) groups is 1. The van der Waals surface area contributed by atoms with Gasteiger partial charge in [0.25, 0.3) is 0 Å². The lowest BCUT2D eigenvalue weighted by molar-refractivity contribution is -0.149. The smallest absolute Gasteiger partial charge is 0.335 e. The molecule has 0 aromatic carbocycles. The molecule has 0 fully saturated rings. The van der Waals surface area contributed by atoms with Gasteiger partial charge >= 0.3 is 5.97 Å². The number of aliphatic hydroxyl groups excluding tert-OH is 1. The molecule has 3 nitrogen and oxygen atoms in total. The Morgan fingerprint density at radius 3 is 2.89 bits per heavy atom. The van der Waals surface area contributed by atoms with Crippen molar-refractivity contribution >= 4 is 25.8 Å². The van der Waals surface area contributed by atoms with Crippen LogP contribution in [-0.4, -0.2) is 30.0 Å². The molecule has 0 saturated heterocycles. The van der Waals surface area contributed by atoms with Crippen LogP contribution in [0.5, 0.6) is 0 Å². The molecule has 0 heterocycles. The number of methoxy groups -OCH3 is 1. The molecule has 0 aromatic rings. The van der Waals surface area contributed by atoms with Crippen molar-refractivity contribution in [2.45, 2.75) is 6.10 Å². The van der Waals surface area contributed by atoms with Crippen LogP contribution in [0.2, 0.25) is 0 Å². The minimum atomic E-state index is -0.988. The number of ether oxygens (including phenoxy) is 1. The Labute approximate surface area is 60.1 Å². The molecule has 0 radical (unpaired) electrons. The minimum Gasteiger partial charge on any atom is -0.467 e. The van der Waals surface area contributed by atoms with E-state index >= 15 is 0 Å². The third-order valence-corrected chi connectivity index (χ3v) is 1.81. The topological polar surface area (TPSA) is 46.5 Å². The van der Waals surface area contributed by atoms with Crippen molar-refractivity contribution in [3.8, 4) is 0 Å². The van der Waals surface area contributed by atoms with Crippen molar-refractivity contribution in [1.82, 2.24) is 0 Å². The third-order valence-electron chi connectivity index (χ3n) is 0.727. The lowest BCUT2D eigenvalue weighted by atomic mass is 10.4. The number of hydrogen-bond acceptors (Lipinski definition) is 4. The van der Waals surface area contributed by atoms with Gasteiger partial charge in [0.05, 0.1) is 7.11 Å². The second-order valence-electron chi connectivity index (χ2n) is 1.37. The standard InChI is InChI=1S/C4H9O3PS/c1-7-4(6)3(5)2-9-8/h3,5H,2,8H2,1H3. The average molecular weight is 168 g/mol. The number of hydrogen-bond donors (Lipinski definition) is 1. The predicted octanol–water partition coefficient (Wildman–Crippen LogP) is 0.0436. The van der Waals surface area contributed by atoms with Gasteiger partial charge in [-0.3, -0.25) is 0 Å². The van der Waals surface area contributed by atoms with Crippen molar-refractivity contribution in [2.75, 3.05) is 12.9 Å². The Morgan fingerprint density at radius 2 is 2.56 bits per heavy atom. The summed E-state index contributed by atoms with van der Waals surface area (Å²) in [5, 5.41) is 8.81. The van der Waals surface area contributed by atoms with Crippen LogP contribution in [0.15, 0.2) is 0 Å². The maximum atomic E-state index is 10.4. The summed E-state index contributed by atoms with van der Waals surface area (Å²) in [5.41, 5.74) is 0. The summed E-state index contributed by atoms with van der Waals surface area (Å²) >= 11 is 1.32. The van der Waals surface area contributed by atoms with Gasteiger partial charge in [-0.15, -0.1) is 11.4 Å². The first-order valence-corrected chi connectivity index (χ1v) is 4.76. The van der Waals surface area contributed by atoms with Gasteiger partial charge in [0.2, 0.25) is 0 Å². The van der Waals surface area contributed by atoms with Crippen LogP contribution in [0.25, 0.3) is 0 Å². The Kier molecular flexibility index (Phi) is 5.15. The van der Waals surface area contributed by atoms with E-state index in [9.17, 15) is 4.79 Å². The number of carbonyl (C=O) groups excluding carboxylic acids is 1. The summed E-state index contributed by atoms with van der Waals surface area (Å²) in [6.45, 7) is 0. The monoisotopic (exact) mass is 168 g/mol. The van der Waals surface area contributed by atoms with E-state index in [4.69, 9.17) is 5.11 Å². The fourth-order valence-corrected chi connectivity index (χ4v) is 1.16. The first-order valence-electron chi connectivity index (χ1n) is 2.30. The maximum Gasteiger partial charge on any atom is 0.335 e. The van der Waals surface area contributed by atoms with Gasteiger partial charge in [0.1, 0.15) is 0 Å². The van der Waals surface area contributed by atoms with Crippen LogP contribution in [0.3, 0.4) is 0 Å². The van der Waals surface area contributed by atoms with Crippen LogP contribution in [0, 0.1) is 0 Å². The maximum absolute atomic E-state index is 10.4. The third kappa shape index (κ3) is 3.73. The van der Waals surface area contributed by atoms with Gasteiger partial charge in [0, 0.05) is 5.75 Å². The summed E-state index contributed by atoms with van der Waals surface area (Å²) in [4.78, 5) is 10.4. The highest BCUT2D eigenvalue weighted by Crippen LogP contribution is 2.11. The highest BCUT2D eigenvalue weighted by atomic mass is 32.7. The second-order valence-corrected chi connectivity index (χ2v) is 3.04. The highest BCUT2D eigenvalue weighted by molar-refractivity contribution is 8.43. The zero-order chi connectivity index (χ0) is 7.28. The molecule has 0 spiro atoms. The Balaban J connectivity index is 3.45. The van der Waals surface area contributed by atoms with Gasteiger partial charge in [-0.25, -0.2) is 4.79 Å². The Morgan fingerprint density at radius 1 is 2.00 bits per heavy atom. The fraction of sp³-hybridized carbons (Fsp3) is 0.750. The molecular weight excluding hydrogens is 159 g/mol. The zero-order valence-corrected chi connectivity index (χ0v) is 7.00. The van der Waals surface area contributed by atoms with E-state index in [2.05, 4.69) is 13.2 Å². The van der Waals surface area contributed by atoms with E-state index in [1.165, 1.54) is 18.5 Å². The molecule has 0 rings (SSSR count). The van der Waals surface area contributed by atoms with Crippen LogP contribution in [0.4, 0.5) is 0 Å². The van der Waals surface area contributed by atoms with Crippen molar-refractivity contribution in [3.63, 3.8) is 0 Å². The lowest BCUT2D eigenvalue weighted by Crippen LogP contribution is -2.23. The van der Waals surface area contributed by atoms with Crippen molar-refractivity contribution in [3.05, 3.63) is 0 Å². The molecule has 0 bridgehead atoms. The van der Waals surface area contributed by atoms with Crippen LogP contribution in [0.1, 0.15) is 0 Å². The highest BCUT2D eigenvalue weighted by Gasteiger charge is 2.13. The number of esters is 1. The first-order chi connectivity index (χ1) is 4.22. The molecule has 54 valence electrons. The predicted molar refractivity (Wildman–Crippen MR) is 40.2 cm³/mol. The largest absolute Gasteiger partial charge is 0.467 e. The molecule has 0 saturated carbocycles. The Bertz CT molecular complexity index is 97.8. The molecule has 0 aromatic heterocycles. The number of aliphatic hydroxyl groups is 1. The van der Waals surface area contributed by atoms with Crippen LogP contribution < -0.4 is 0 Å². The molecule has 5 heteroatoms. The van der Waals surface area contributed by atoms with E-state index in [0.29, 0.717) is 5.75 Å². The molecule has 2 unspecified atom stereocenters. The van der Waals surface area contributed by atoms with Gasteiger partial charge in [-0.05, 0) is 0 Å². The van der Waals surface area contributed by atoms with E-state index in [-0.39, 0.29) is 0 Å². The average Bonchev–Trinajstić information content (AvgIpc) is 1.87. The number of rotatable bonds is 3. The molecule has 0 aliphatic heterocycles. The minimum absolute atomic E-state index is 0.358. The molecule has 1 N–H and O–H groups in total. The quantitative estimate of drug-likeness (QED) is 0.477. The van der Waals surface area contributed by atoms with E-state index < -0.39 is 12.1 Å². The van der Waals surface area contributed by atoms with E-state index in [1.807, 2.05) is 0 Å². The molecule has 2 atom stereocenters. The first kappa shape index (κ1) is 9.21. The van der Waals surface area contributed by atoms with Crippen molar-refractivity contribution in [1.29, 1.82) is 0 Å². The van der Waals surface area contributed by atoms with Gasteiger partial charge in [-0.1, -0.05) is 8.44 Å². The molecule has 0 aliphatic carbocycles. The van der Waals surface area contributed by atoms with Gasteiger partial charge in [0.15, 0.2) is 6.10 Å². The molecule has 9 heavy (non-hydrogen) atoms. The van der Waals surface area contributed by atoms with Crippen molar-refractivity contribution in [2.24, 2.45) is 0 Å². The summed E-state index contributed by atoms with van der Waals surface area (Å²) < 4.78 is 4.25. The van der Waals surface area contributed by atoms with Crippen molar-refractivity contribution < 1.29 is 14.6 Å². The van der Waals surface area contributed by atoms with Crippen LogP contribution in [-0.2, 0) is 9.53 Å². The summed E-state index contributed by atoms with van der Waals surface area (Å²) in [6.07, 6.45) is -0.988. The van der Waals surface area contributed by atoms with E-state index in [1.54, 1.807) is 0 Å². The molecule has 0 aliphatic rings. The van der Waals surface area contributed by atoms with Gasteiger partial charge < -0.3 is 9.84 Å². The van der Waals surface area contributed by atoms with E-state index in [0.717, 1.165) is 0 Å². The second kappa shape index (κ2) is 5.03. The van der Waals surface area contributed by atoms with Crippen LogP contribution >= 0.6 is 19.8 Å². The normalized spacial score (nSPS) is 12.8. The zero-order valence-electron chi connectivity index (χ0n) is 5.03. The summed E-state index contributed by atoms with van der Waals surface area (Å²) in [6, 6.07) is 0. The van der Waals surface area contributed by atoms with Gasteiger partial charge in [-0.2, -0.15) is 0 Å². The summed E-state index contributed by atoms with van der Waals surface area (Å²) in [7, 11) is 3.59. The fourth-order valence-electron chi connectivity index (χ4n) is 0.295. The SMILES string of the molecule is COC(=O)C(O)CSP. The lowest BCUT2D eigenvalue weighted by Gasteiger charge is -2.03. The molecular formula is C4H9O3PS. The molecule has 0 amide bonds. The Hall–Kier alpha value is 0.210.